The number of nitrogens with two attached hydrogens (primary N) is 1. The van der Waals surface area contributed by atoms with Crippen LogP contribution in [0.3, 0.4) is 0 Å². The van der Waals surface area contributed by atoms with E-state index in [1.54, 1.807) is 36.4 Å². The first kappa shape index (κ1) is 16.4. The van der Waals surface area contributed by atoms with E-state index in [0.717, 1.165) is 0 Å². The van der Waals surface area contributed by atoms with Gasteiger partial charge in [-0.25, -0.2) is 0 Å². The standard InChI is InChI=1S/C18H16N2O5/c1-23-15-7-12-13(8-16(15)24-2)20-17(21)9-14(12)25-11-5-3-10(4-6-11)18(19)22/h3-9H,1-2H3,(H2,19,22)(H,20,21). The van der Waals surface area contributed by atoms with E-state index in [0.29, 0.717) is 39.5 Å². The van der Waals surface area contributed by atoms with Gasteiger partial charge in [0, 0.05) is 23.1 Å². The molecule has 0 unspecified atom stereocenters. The Hall–Kier alpha value is -3.48. The summed E-state index contributed by atoms with van der Waals surface area (Å²) in [6.45, 7) is 0. The number of methoxy groups -OCH3 is 2. The van der Waals surface area contributed by atoms with Gasteiger partial charge in [-0.15, -0.1) is 0 Å². The summed E-state index contributed by atoms with van der Waals surface area (Å²) >= 11 is 0. The number of ether oxygens (including phenoxy) is 3. The lowest BCUT2D eigenvalue weighted by Gasteiger charge is -2.12. The average molecular weight is 340 g/mol. The maximum absolute atomic E-state index is 11.9. The minimum atomic E-state index is -0.523. The molecule has 0 atom stereocenters. The number of aromatic nitrogens is 1. The lowest BCUT2D eigenvalue weighted by Crippen LogP contribution is -2.10. The van der Waals surface area contributed by atoms with Crippen molar-refractivity contribution in [2.75, 3.05) is 14.2 Å². The van der Waals surface area contributed by atoms with Crippen molar-refractivity contribution < 1.29 is 19.0 Å². The maximum Gasteiger partial charge on any atom is 0.252 e. The number of primary amides is 1. The molecule has 0 aliphatic heterocycles. The van der Waals surface area contributed by atoms with Crippen molar-refractivity contribution >= 4 is 16.8 Å². The second-order valence-electron chi connectivity index (χ2n) is 5.24. The molecule has 25 heavy (non-hydrogen) atoms. The minimum absolute atomic E-state index is 0.316. The van der Waals surface area contributed by atoms with Crippen LogP contribution in [0, 0.1) is 0 Å². The molecule has 7 nitrogen and oxygen atoms in total. The summed E-state index contributed by atoms with van der Waals surface area (Å²) in [5, 5.41) is 0.649. The summed E-state index contributed by atoms with van der Waals surface area (Å²) < 4.78 is 16.4. The molecule has 1 aromatic heterocycles. The van der Waals surface area contributed by atoms with Gasteiger partial charge in [-0.2, -0.15) is 0 Å². The van der Waals surface area contributed by atoms with Crippen LogP contribution in [0.15, 0.2) is 47.3 Å². The summed E-state index contributed by atoms with van der Waals surface area (Å²) in [6.07, 6.45) is 0. The highest BCUT2D eigenvalue weighted by atomic mass is 16.5. The molecule has 0 aliphatic rings. The molecular formula is C18H16N2O5. The van der Waals surface area contributed by atoms with Crippen LogP contribution >= 0.6 is 0 Å². The molecule has 3 aromatic rings. The van der Waals surface area contributed by atoms with Gasteiger partial charge in [0.15, 0.2) is 11.5 Å². The van der Waals surface area contributed by atoms with Crippen molar-refractivity contribution in [3.63, 3.8) is 0 Å². The molecule has 3 rings (SSSR count). The Morgan fingerprint density at radius 1 is 0.960 bits per heavy atom. The van der Waals surface area contributed by atoms with Crippen LogP contribution in [0.5, 0.6) is 23.0 Å². The SMILES string of the molecule is COc1cc2[nH]c(=O)cc(Oc3ccc(C(N)=O)cc3)c2cc1OC. The molecule has 1 heterocycles. The van der Waals surface area contributed by atoms with Crippen LogP contribution in [0.4, 0.5) is 0 Å². The Kier molecular flexibility index (Phi) is 4.30. The van der Waals surface area contributed by atoms with Crippen LogP contribution in [-0.2, 0) is 0 Å². The highest BCUT2D eigenvalue weighted by Gasteiger charge is 2.12. The van der Waals surface area contributed by atoms with E-state index in [9.17, 15) is 9.59 Å². The topological polar surface area (TPSA) is 104 Å². The number of fused-ring (bicyclic) bond motifs is 1. The van der Waals surface area contributed by atoms with Crippen LogP contribution in [0.25, 0.3) is 10.9 Å². The number of amides is 1. The molecule has 0 saturated heterocycles. The Bertz CT molecular complexity index is 993. The number of hydrogen-bond donors (Lipinski definition) is 2. The van der Waals surface area contributed by atoms with Gasteiger partial charge >= 0.3 is 0 Å². The molecule has 7 heteroatoms. The van der Waals surface area contributed by atoms with E-state index < -0.39 is 5.91 Å². The van der Waals surface area contributed by atoms with Gasteiger partial charge in [0.25, 0.3) is 5.56 Å². The molecule has 2 aromatic carbocycles. The second-order valence-corrected chi connectivity index (χ2v) is 5.24. The fourth-order valence-corrected chi connectivity index (χ4v) is 2.45. The van der Waals surface area contributed by atoms with Crippen LogP contribution in [-0.4, -0.2) is 25.1 Å². The monoisotopic (exact) mass is 340 g/mol. The van der Waals surface area contributed by atoms with E-state index in [1.165, 1.54) is 20.3 Å². The molecule has 0 fully saturated rings. The number of aromatic amines is 1. The van der Waals surface area contributed by atoms with E-state index in [4.69, 9.17) is 19.9 Å². The Labute approximate surface area is 142 Å². The number of rotatable bonds is 5. The fraction of sp³-hybridized carbons (Fsp3) is 0.111. The number of hydrogen-bond acceptors (Lipinski definition) is 5. The number of benzene rings is 2. The van der Waals surface area contributed by atoms with Crippen molar-refractivity contribution in [3.05, 3.63) is 58.4 Å². The van der Waals surface area contributed by atoms with Crippen LogP contribution < -0.4 is 25.5 Å². The van der Waals surface area contributed by atoms with Gasteiger partial charge in [-0.05, 0) is 30.3 Å². The summed E-state index contributed by atoms with van der Waals surface area (Å²) in [5.41, 5.74) is 5.82. The van der Waals surface area contributed by atoms with Gasteiger partial charge in [0.1, 0.15) is 11.5 Å². The number of carbonyl (C=O) groups excluding carboxylic acids is 1. The number of H-pyrrole nitrogens is 1. The third-order valence-electron chi connectivity index (χ3n) is 3.68. The van der Waals surface area contributed by atoms with Gasteiger partial charge in [-0.1, -0.05) is 0 Å². The van der Waals surface area contributed by atoms with E-state index in [-0.39, 0.29) is 5.56 Å². The molecular weight excluding hydrogens is 324 g/mol. The second kappa shape index (κ2) is 6.56. The van der Waals surface area contributed by atoms with Gasteiger partial charge in [0.2, 0.25) is 5.91 Å². The zero-order valence-corrected chi connectivity index (χ0v) is 13.7. The summed E-state index contributed by atoms with van der Waals surface area (Å²) in [4.78, 5) is 25.8. The van der Waals surface area contributed by atoms with Gasteiger partial charge in [-0.3, -0.25) is 9.59 Å². The Balaban J connectivity index is 2.08. The van der Waals surface area contributed by atoms with Gasteiger partial charge in [0.05, 0.1) is 19.7 Å². The molecule has 0 spiro atoms. The predicted molar refractivity (Wildman–Crippen MR) is 92.7 cm³/mol. The Morgan fingerprint density at radius 2 is 1.60 bits per heavy atom. The zero-order valence-electron chi connectivity index (χ0n) is 13.7. The molecule has 128 valence electrons. The van der Waals surface area contributed by atoms with Gasteiger partial charge < -0.3 is 24.9 Å². The Morgan fingerprint density at radius 3 is 2.20 bits per heavy atom. The first-order valence-electron chi connectivity index (χ1n) is 7.38. The summed E-state index contributed by atoms with van der Waals surface area (Å²) in [5.74, 6) is 1.30. The van der Waals surface area contributed by atoms with E-state index in [1.807, 2.05) is 0 Å². The number of carbonyl (C=O) groups is 1. The predicted octanol–water partition coefficient (Wildman–Crippen LogP) is 2.44. The number of pyridine rings is 1. The first-order valence-corrected chi connectivity index (χ1v) is 7.38. The van der Waals surface area contributed by atoms with E-state index >= 15 is 0 Å². The highest BCUT2D eigenvalue weighted by molar-refractivity contribution is 5.93. The summed E-state index contributed by atoms with van der Waals surface area (Å²) in [6, 6.07) is 11.0. The molecule has 0 aliphatic carbocycles. The normalized spacial score (nSPS) is 10.5. The lowest BCUT2D eigenvalue weighted by atomic mass is 10.1. The molecule has 0 saturated carbocycles. The highest BCUT2D eigenvalue weighted by Crippen LogP contribution is 2.36. The average Bonchev–Trinajstić information content (AvgIpc) is 2.61. The molecule has 0 radical (unpaired) electrons. The lowest BCUT2D eigenvalue weighted by molar-refractivity contribution is 0.100. The minimum Gasteiger partial charge on any atom is -0.493 e. The third-order valence-corrected chi connectivity index (χ3v) is 3.68. The van der Waals surface area contributed by atoms with Crippen LogP contribution in [0.1, 0.15) is 10.4 Å². The van der Waals surface area contributed by atoms with Crippen molar-refractivity contribution in [2.24, 2.45) is 5.73 Å². The van der Waals surface area contributed by atoms with Crippen molar-refractivity contribution in [3.8, 4) is 23.0 Å². The molecule has 1 amide bonds. The largest absolute Gasteiger partial charge is 0.493 e. The smallest absolute Gasteiger partial charge is 0.252 e. The van der Waals surface area contributed by atoms with Crippen molar-refractivity contribution in [1.29, 1.82) is 0 Å². The quantitative estimate of drug-likeness (QED) is 0.742. The van der Waals surface area contributed by atoms with E-state index in [2.05, 4.69) is 4.98 Å². The zero-order chi connectivity index (χ0) is 18.0. The third kappa shape index (κ3) is 3.25. The summed E-state index contributed by atoms with van der Waals surface area (Å²) in [7, 11) is 3.04. The maximum atomic E-state index is 11.9. The van der Waals surface area contributed by atoms with Crippen molar-refractivity contribution in [1.82, 2.24) is 4.98 Å². The molecule has 3 N–H and O–H groups in total. The fourth-order valence-electron chi connectivity index (χ4n) is 2.45. The van der Waals surface area contributed by atoms with Crippen LogP contribution in [0.2, 0.25) is 0 Å². The molecule has 0 bridgehead atoms. The first-order chi connectivity index (χ1) is 12.0. The van der Waals surface area contributed by atoms with Crippen molar-refractivity contribution in [2.45, 2.75) is 0 Å². The number of nitrogens with one attached hydrogen (secondary N) is 1.